The molecule has 0 radical (unpaired) electrons. The van der Waals surface area contributed by atoms with Gasteiger partial charge in [0.2, 0.25) is 10.0 Å². The van der Waals surface area contributed by atoms with Crippen molar-refractivity contribution >= 4 is 21.6 Å². The number of hydrogen-bond acceptors (Lipinski definition) is 4. The average Bonchev–Trinajstić information content (AvgIpc) is 3.01. The Balaban J connectivity index is 1.84. The van der Waals surface area contributed by atoms with E-state index in [1.165, 1.54) is 33.3 Å². The number of halogens is 1. The molecule has 1 amide bonds. The molecule has 3 rings (SSSR count). The Morgan fingerprint density at radius 1 is 1.23 bits per heavy atom. The number of morpholine rings is 1. The Hall–Kier alpha value is -2.23. The Bertz CT molecular complexity index is 933. The minimum Gasteiger partial charge on any atom is -0.379 e. The SMILES string of the molecule is Cc1ccc(NC(=O)c2cc(S(=O)(=O)N3CCOCC3)cn2C)c(F)c1. The van der Waals surface area contributed by atoms with Crippen LogP contribution >= 0.6 is 0 Å². The first kappa shape index (κ1) is 18.6. The number of carbonyl (C=O) groups excluding carboxylic acids is 1. The van der Waals surface area contributed by atoms with Crippen LogP contribution in [0.3, 0.4) is 0 Å². The van der Waals surface area contributed by atoms with E-state index in [2.05, 4.69) is 5.32 Å². The van der Waals surface area contributed by atoms with E-state index in [4.69, 9.17) is 4.74 Å². The molecule has 7 nitrogen and oxygen atoms in total. The van der Waals surface area contributed by atoms with Gasteiger partial charge in [-0.2, -0.15) is 4.31 Å². The maximum atomic E-state index is 13.9. The zero-order chi connectivity index (χ0) is 18.9. The van der Waals surface area contributed by atoms with Gasteiger partial charge in [0.15, 0.2) is 0 Å². The Kier molecular flexibility index (Phi) is 5.12. The van der Waals surface area contributed by atoms with Crippen LogP contribution in [0, 0.1) is 12.7 Å². The van der Waals surface area contributed by atoms with Crippen LogP contribution in [0.4, 0.5) is 10.1 Å². The number of aryl methyl sites for hydroxylation is 2. The molecule has 2 heterocycles. The summed E-state index contributed by atoms with van der Waals surface area (Å²) in [6, 6.07) is 5.76. The second kappa shape index (κ2) is 7.18. The highest BCUT2D eigenvalue weighted by atomic mass is 32.2. The topological polar surface area (TPSA) is 80.6 Å². The molecule has 0 spiro atoms. The van der Waals surface area contributed by atoms with Crippen molar-refractivity contribution in [3.05, 3.63) is 47.5 Å². The summed E-state index contributed by atoms with van der Waals surface area (Å²) in [7, 11) is -2.14. The molecule has 9 heteroatoms. The summed E-state index contributed by atoms with van der Waals surface area (Å²) in [5, 5.41) is 2.48. The van der Waals surface area contributed by atoms with Gasteiger partial charge in [0.25, 0.3) is 5.91 Å². The predicted octanol–water partition coefficient (Wildman–Crippen LogP) is 1.75. The molecule has 1 aliphatic rings. The third-order valence-electron chi connectivity index (χ3n) is 4.19. The number of rotatable bonds is 4. The zero-order valence-electron chi connectivity index (χ0n) is 14.5. The highest BCUT2D eigenvalue weighted by Crippen LogP contribution is 2.21. The molecule has 26 heavy (non-hydrogen) atoms. The van der Waals surface area contributed by atoms with E-state index >= 15 is 0 Å². The van der Waals surface area contributed by atoms with E-state index < -0.39 is 21.7 Å². The van der Waals surface area contributed by atoms with Crippen molar-refractivity contribution in [2.24, 2.45) is 7.05 Å². The number of nitrogens with one attached hydrogen (secondary N) is 1. The number of ether oxygens (including phenoxy) is 1. The first-order valence-corrected chi connectivity index (χ1v) is 9.55. The van der Waals surface area contributed by atoms with Crippen LogP contribution in [0.15, 0.2) is 35.4 Å². The second-order valence-electron chi connectivity index (χ2n) is 6.13. The Labute approximate surface area is 151 Å². The maximum absolute atomic E-state index is 13.9. The molecular weight excluding hydrogens is 361 g/mol. The summed E-state index contributed by atoms with van der Waals surface area (Å²) in [5.74, 6) is -1.13. The van der Waals surface area contributed by atoms with Gasteiger partial charge in [-0.15, -0.1) is 0 Å². The molecule has 0 unspecified atom stereocenters. The molecular formula is C17H20FN3O4S. The summed E-state index contributed by atoms with van der Waals surface area (Å²) in [6.07, 6.45) is 1.38. The number of carbonyl (C=O) groups is 1. The van der Waals surface area contributed by atoms with Crippen molar-refractivity contribution in [3.8, 4) is 0 Å². The molecule has 1 saturated heterocycles. The molecule has 0 saturated carbocycles. The van der Waals surface area contributed by atoms with Crippen LogP contribution in [0.1, 0.15) is 16.1 Å². The molecule has 2 aromatic rings. The smallest absolute Gasteiger partial charge is 0.272 e. The summed E-state index contributed by atoms with van der Waals surface area (Å²) in [6.45, 7) is 2.97. The Morgan fingerprint density at radius 3 is 2.58 bits per heavy atom. The molecule has 140 valence electrons. The maximum Gasteiger partial charge on any atom is 0.272 e. The number of amides is 1. The van der Waals surface area contributed by atoms with Crippen LogP contribution in [0.2, 0.25) is 0 Å². The Morgan fingerprint density at radius 2 is 1.92 bits per heavy atom. The number of sulfonamides is 1. The summed E-state index contributed by atoms with van der Waals surface area (Å²) in [4.78, 5) is 12.5. The van der Waals surface area contributed by atoms with E-state index in [9.17, 15) is 17.6 Å². The van der Waals surface area contributed by atoms with Crippen LogP contribution in [0.25, 0.3) is 0 Å². The molecule has 1 fully saturated rings. The van der Waals surface area contributed by atoms with Crippen molar-refractivity contribution in [2.45, 2.75) is 11.8 Å². The lowest BCUT2D eigenvalue weighted by Gasteiger charge is -2.25. The zero-order valence-corrected chi connectivity index (χ0v) is 15.3. The summed E-state index contributed by atoms with van der Waals surface area (Å²) >= 11 is 0. The van der Waals surface area contributed by atoms with E-state index in [0.29, 0.717) is 13.2 Å². The highest BCUT2D eigenvalue weighted by Gasteiger charge is 2.29. The van der Waals surface area contributed by atoms with Crippen LogP contribution in [-0.2, 0) is 21.8 Å². The standard InChI is InChI=1S/C17H20FN3O4S/c1-12-3-4-15(14(18)9-12)19-17(22)16-10-13(11-20(16)2)26(23,24)21-5-7-25-8-6-21/h3-4,9-11H,5-8H2,1-2H3,(H,19,22). The lowest BCUT2D eigenvalue weighted by molar-refractivity contribution is 0.0730. The molecule has 0 atom stereocenters. The fourth-order valence-corrected chi connectivity index (χ4v) is 4.22. The van der Waals surface area contributed by atoms with Crippen LogP contribution in [-0.4, -0.2) is 49.5 Å². The minimum atomic E-state index is -3.71. The summed E-state index contributed by atoms with van der Waals surface area (Å²) in [5.41, 5.74) is 0.898. The average molecular weight is 381 g/mol. The predicted molar refractivity (Wildman–Crippen MR) is 94.1 cm³/mol. The van der Waals surface area contributed by atoms with Crippen molar-refractivity contribution in [3.63, 3.8) is 0 Å². The van der Waals surface area contributed by atoms with Crippen molar-refractivity contribution < 1.29 is 22.3 Å². The number of aromatic nitrogens is 1. The van der Waals surface area contributed by atoms with Gasteiger partial charge in [-0.3, -0.25) is 4.79 Å². The first-order valence-electron chi connectivity index (χ1n) is 8.11. The molecule has 1 aromatic carbocycles. The first-order chi connectivity index (χ1) is 12.3. The van der Waals surface area contributed by atoms with Gasteiger partial charge in [-0.05, 0) is 30.7 Å². The number of hydrogen-bond donors (Lipinski definition) is 1. The molecule has 0 aliphatic carbocycles. The van der Waals surface area contributed by atoms with Crippen molar-refractivity contribution in [1.82, 2.24) is 8.87 Å². The van der Waals surface area contributed by atoms with E-state index in [-0.39, 0.29) is 29.4 Å². The largest absolute Gasteiger partial charge is 0.379 e. The van der Waals surface area contributed by atoms with Gasteiger partial charge < -0.3 is 14.6 Å². The molecule has 1 aliphatic heterocycles. The highest BCUT2D eigenvalue weighted by molar-refractivity contribution is 7.89. The number of nitrogens with zero attached hydrogens (tertiary/aromatic N) is 2. The quantitative estimate of drug-likeness (QED) is 0.875. The normalized spacial score (nSPS) is 15.8. The van der Waals surface area contributed by atoms with Crippen molar-refractivity contribution in [2.75, 3.05) is 31.6 Å². The van der Waals surface area contributed by atoms with E-state index in [0.717, 1.165) is 5.56 Å². The van der Waals surface area contributed by atoms with Gasteiger partial charge >= 0.3 is 0 Å². The lowest BCUT2D eigenvalue weighted by atomic mass is 10.2. The van der Waals surface area contributed by atoms with E-state index in [1.54, 1.807) is 20.0 Å². The molecule has 1 N–H and O–H groups in total. The van der Waals surface area contributed by atoms with Crippen molar-refractivity contribution in [1.29, 1.82) is 0 Å². The molecule has 0 bridgehead atoms. The van der Waals surface area contributed by atoms with Gasteiger partial charge in [-0.25, -0.2) is 12.8 Å². The fraction of sp³-hybridized carbons (Fsp3) is 0.353. The minimum absolute atomic E-state index is 0.0245. The van der Waals surface area contributed by atoms with Gasteiger partial charge in [0.1, 0.15) is 16.4 Å². The second-order valence-corrected chi connectivity index (χ2v) is 8.06. The number of benzene rings is 1. The van der Waals surface area contributed by atoms with Crippen LogP contribution < -0.4 is 5.32 Å². The summed E-state index contributed by atoms with van der Waals surface area (Å²) < 4.78 is 47.2. The number of anilines is 1. The van der Waals surface area contributed by atoms with Gasteiger partial charge in [0.05, 0.1) is 18.9 Å². The molecule has 1 aromatic heterocycles. The third kappa shape index (κ3) is 3.64. The fourth-order valence-electron chi connectivity index (χ4n) is 2.74. The third-order valence-corrected chi connectivity index (χ3v) is 6.06. The van der Waals surface area contributed by atoms with Gasteiger partial charge in [-0.1, -0.05) is 6.07 Å². The van der Waals surface area contributed by atoms with Gasteiger partial charge in [0, 0.05) is 26.3 Å². The monoisotopic (exact) mass is 381 g/mol. The van der Waals surface area contributed by atoms with Crippen LogP contribution in [0.5, 0.6) is 0 Å². The van der Waals surface area contributed by atoms with E-state index in [1.807, 2.05) is 0 Å². The lowest BCUT2D eigenvalue weighted by Crippen LogP contribution is -2.40.